The summed E-state index contributed by atoms with van der Waals surface area (Å²) in [5, 5.41) is 38.5. The third-order valence-corrected chi connectivity index (χ3v) is 5.48. The number of β-amino-alcohol motifs (C(OH)–C–C–N with tert-alkyl or cyclic N) is 2. The van der Waals surface area contributed by atoms with E-state index in [2.05, 4.69) is 30.9 Å². The molecule has 0 aliphatic carbocycles. The lowest BCUT2D eigenvalue weighted by Gasteiger charge is -2.36. The maximum Gasteiger partial charge on any atom is 0.287 e. The summed E-state index contributed by atoms with van der Waals surface area (Å²) in [6.45, 7) is 2.45. The van der Waals surface area contributed by atoms with Gasteiger partial charge in [0.25, 0.3) is 11.4 Å². The summed E-state index contributed by atoms with van der Waals surface area (Å²) in [6.07, 6.45) is 3.56. The van der Waals surface area contributed by atoms with Gasteiger partial charge >= 0.3 is 0 Å². The topological polar surface area (TPSA) is 198 Å². The van der Waals surface area contributed by atoms with Crippen LogP contribution in [0.25, 0.3) is 0 Å². The second kappa shape index (κ2) is 12.1. The lowest BCUT2D eigenvalue weighted by Crippen LogP contribution is -2.51. The number of nitrogens with zero attached hydrogens (tertiary/aromatic N) is 7. The van der Waals surface area contributed by atoms with Gasteiger partial charge in [-0.2, -0.15) is 0 Å². The van der Waals surface area contributed by atoms with Gasteiger partial charge in [0.05, 0.1) is 33.9 Å². The molecule has 14 nitrogen and oxygen atoms in total. The van der Waals surface area contributed by atoms with Crippen LogP contribution in [0.3, 0.4) is 0 Å². The van der Waals surface area contributed by atoms with E-state index in [-0.39, 0.29) is 23.6 Å². The van der Waals surface area contributed by atoms with Gasteiger partial charge in [-0.25, -0.2) is 15.0 Å². The Labute approximate surface area is 213 Å². The molecule has 0 amide bonds. The number of hydrogen-bond acceptors (Lipinski definition) is 12. The first-order valence-corrected chi connectivity index (χ1v) is 11.4. The quantitative estimate of drug-likeness (QED) is 0.237. The Bertz CT molecular complexity index is 1150. The van der Waals surface area contributed by atoms with Crippen molar-refractivity contribution >= 4 is 44.6 Å². The maximum atomic E-state index is 10.3. The number of pyridine rings is 3. The molecule has 2 fully saturated rings. The Morgan fingerprint density at radius 1 is 0.778 bits per heavy atom. The van der Waals surface area contributed by atoms with Gasteiger partial charge in [0.15, 0.2) is 0 Å². The van der Waals surface area contributed by atoms with E-state index < -0.39 is 9.85 Å². The smallest absolute Gasteiger partial charge is 0.287 e. The number of hydrogen-bond donors (Lipinski definition) is 3. The Morgan fingerprint density at radius 2 is 1.22 bits per heavy atom. The lowest BCUT2D eigenvalue weighted by molar-refractivity contribution is -0.385. The molecule has 5 rings (SSSR count). The summed E-state index contributed by atoms with van der Waals surface area (Å²) in [7, 11) is 0. The van der Waals surface area contributed by atoms with Gasteiger partial charge in [-0.05, 0) is 40.2 Å². The minimum Gasteiger partial charge on any atom is -0.397 e. The fourth-order valence-corrected chi connectivity index (χ4v) is 3.25. The summed E-state index contributed by atoms with van der Waals surface area (Å²) >= 11 is 3.06. The fraction of sp³-hybridized carbons (Fsp3) is 0.286. The van der Waals surface area contributed by atoms with E-state index in [4.69, 9.17) is 15.9 Å². The van der Waals surface area contributed by atoms with E-state index in [9.17, 15) is 20.2 Å². The first kappa shape index (κ1) is 26.7. The molecular weight excluding hydrogens is 540 g/mol. The highest BCUT2D eigenvalue weighted by Crippen LogP contribution is 2.20. The molecule has 2 aliphatic heterocycles. The monoisotopic (exact) mass is 562 g/mol. The second-order valence-corrected chi connectivity index (χ2v) is 8.61. The van der Waals surface area contributed by atoms with Crippen LogP contribution in [-0.4, -0.2) is 73.4 Å². The van der Waals surface area contributed by atoms with Crippen LogP contribution in [0, 0.1) is 20.2 Å². The highest BCUT2D eigenvalue weighted by atomic mass is 79.9. The average Bonchev–Trinajstić information content (AvgIpc) is 2.82. The molecule has 0 saturated carbocycles. The van der Waals surface area contributed by atoms with Gasteiger partial charge in [0.1, 0.15) is 28.6 Å². The number of aliphatic hydroxyl groups is 2. The van der Waals surface area contributed by atoms with Crippen LogP contribution in [0.2, 0.25) is 0 Å². The van der Waals surface area contributed by atoms with Crippen molar-refractivity contribution in [2.24, 2.45) is 0 Å². The standard InChI is InChI=1S/C8H9N3O3.C8H11N3O.C5H3BrN2O2/c12-7-4-10(5-7)8-2-1-6(3-9-8)11(13)14;9-6-1-2-8(10-3-6)11-4-7(12)5-11;6-5-2-1-4(3-7-5)8(9)10/h1-3,7,12H,4-5H2;1-3,7,12H,4-5,9H2;1-3H. The van der Waals surface area contributed by atoms with Crippen LogP contribution < -0.4 is 15.5 Å². The Balaban J connectivity index is 0.000000153. The normalized spacial score (nSPS) is 14.9. The predicted molar refractivity (Wildman–Crippen MR) is 135 cm³/mol. The molecule has 0 atom stereocenters. The van der Waals surface area contributed by atoms with Crippen molar-refractivity contribution in [2.45, 2.75) is 12.2 Å². The molecule has 3 aromatic heterocycles. The SMILES string of the molecule is Nc1ccc(N2CC(O)C2)nc1.O=[N+]([O-])c1ccc(Br)nc1.O=[N+]([O-])c1ccc(N2CC(O)C2)nc1. The van der Waals surface area contributed by atoms with E-state index in [1.807, 2.05) is 21.9 Å². The molecule has 2 saturated heterocycles. The van der Waals surface area contributed by atoms with Gasteiger partial charge < -0.3 is 25.7 Å². The van der Waals surface area contributed by atoms with E-state index in [0.717, 1.165) is 5.82 Å². The minimum atomic E-state index is -0.487. The molecule has 36 heavy (non-hydrogen) atoms. The molecule has 3 aromatic rings. The fourth-order valence-electron chi connectivity index (χ4n) is 3.02. The van der Waals surface area contributed by atoms with Crippen molar-refractivity contribution in [1.82, 2.24) is 15.0 Å². The molecule has 4 N–H and O–H groups in total. The first-order chi connectivity index (χ1) is 17.1. The highest BCUT2D eigenvalue weighted by Gasteiger charge is 2.26. The average molecular weight is 563 g/mol. The summed E-state index contributed by atoms with van der Waals surface area (Å²) in [5.74, 6) is 1.55. The summed E-state index contributed by atoms with van der Waals surface area (Å²) in [6, 6.07) is 9.58. The first-order valence-electron chi connectivity index (χ1n) is 10.6. The van der Waals surface area contributed by atoms with Crippen LogP contribution in [0.15, 0.2) is 59.6 Å². The summed E-state index contributed by atoms with van der Waals surface area (Å²) in [4.78, 5) is 35.0. The molecule has 0 unspecified atom stereocenters. The van der Waals surface area contributed by atoms with Crippen molar-refractivity contribution in [2.75, 3.05) is 41.7 Å². The van der Waals surface area contributed by atoms with E-state index in [1.165, 1.54) is 30.6 Å². The van der Waals surface area contributed by atoms with Crippen LogP contribution in [0.5, 0.6) is 0 Å². The van der Waals surface area contributed by atoms with Gasteiger partial charge in [-0.1, -0.05) is 0 Å². The number of anilines is 3. The van der Waals surface area contributed by atoms with E-state index >= 15 is 0 Å². The third-order valence-electron chi connectivity index (χ3n) is 5.01. The van der Waals surface area contributed by atoms with Gasteiger partial charge in [0.2, 0.25) is 0 Å². The number of aromatic nitrogens is 3. The van der Waals surface area contributed by atoms with E-state index in [0.29, 0.717) is 42.3 Å². The number of rotatable bonds is 4. The summed E-state index contributed by atoms with van der Waals surface area (Å²) in [5.41, 5.74) is 6.13. The lowest BCUT2D eigenvalue weighted by atomic mass is 10.2. The van der Waals surface area contributed by atoms with Gasteiger partial charge in [-0.15, -0.1) is 0 Å². The van der Waals surface area contributed by atoms with Crippen LogP contribution >= 0.6 is 15.9 Å². The predicted octanol–water partition coefficient (Wildman–Crippen LogP) is 1.77. The second-order valence-electron chi connectivity index (χ2n) is 7.80. The molecular formula is C21H23BrN8O6. The zero-order valence-corrected chi connectivity index (χ0v) is 20.4. The zero-order chi connectivity index (χ0) is 26.2. The van der Waals surface area contributed by atoms with Crippen molar-refractivity contribution in [3.63, 3.8) is 0 Å². The highest BCUT2D eigenvalue weighted by molar-refractivity contribution is 9.10. The van der Waals surface area contributed by atoms with Crippen molar-refractivity contribution in [3.8, 4) is 0 Å². The minimum absolute atomic E-state index is 0.00296. The van der Waals surface area contributed by atoms with Crippen molar-refractivity contribution in [1.29, 1.82) is 0 Å². The van der Waals surface area contributed by atoms with Crippen LogP contribution in [-0.2, 0) is 0 Å². The van der Waals surface area contributed by atoms with Crippen LogP contribution in [0.1, 0.15) is 0 Å². The molecule has 15 heteroatoms. The number of halogens is 1. The number of nitro groups is 2. The van der Waals surface area contributed by atoms with Gasteiger partial charge in [0, 0.05) is 38.3 Å². The van der Waals surface area contributed by atoms with Crippen LogP contribution in [0.4, 0.5) is 28.7 Å². The zero-order valence-electron chi connectivity index (χ0n) is 18.8. The molecule has 2 aliphatic rings. The van der Waals surface area contributed by atoms with E-state index in [1.54, 1.807) is 12.3 Å². The molecule has 0 spiro atoms. The maximum absolute atomic E-state index is 10.3. The number of aliphatic hydroxyl groups excluding tert-OH is 2. The number of nitrogens with two attached hydrogens (primary N) is 1. The Hall–Kier alpha value is -3.95. The Morgan fingerprint density at radius 3 is 1.56 bits per heavy atom. The molecule has 5 heterocycles. The van der Waals surface area contributed by atoms with Crippen molar-refractivity contribution in [3.05, 3.63) is 79.8 Å². The molecule has 0 aromatic carbocycles. The van der Waals surface area contributed by atoms with Crippen molar-refractivity contribution < 1.29 is 20.1 Å². The molecule has 190 valence electrons. The summed E-state index contributed by atoms with van der Waals surface area (Å²) < 4.78 is 0.595. The number of nitrogen functional groups attached to an aromatic ring is 1. The van der Waals surface area contributed by atoms with Gasteiger partial charge in [-0.3, -0.25) is 20.2 Å². The molecule has 0 bridgehead atoms. The molecule has 0 radical (unpaired) electrons. The Kier molecular flexibility index (Phi) is 8.99. The largest absolute Gasteiger partial charge is 0.397 e. The third kappa shape index (κ3) is 7.53.